The Bertz CT molecular complexity index is 1450. The van der Waals surface area contributed by atoms with Crippen LogP contribution in [0.2, 0.25) is 0 Å². The van der Waals surface area contributed by atoms with Crippen molar-refractivity contribution in [1.82, 2.24) is 9.97 Å². The number of fused-ring (bicyclic) bond motifs is 2. The molecule has 0 unspecified atom stereocenters. The molecule has 0 saturated carbocycles. The van der Waals surface area contributed by atoms with Gasteiger partial charge in [0.1, 0.15) is 11.6 Å². The summed E-state index contributed by atoms with van der Waals surface area (Å²) >= 11 is 0. The molecule has 0 fully saturated rings. The van der Waals surface area contributed by atoms with Gasteiger partial charge < -0.3 is 14.5 Å². The summed E-state index contributed by atoms with van der Waals surface area (Å²) in [6.07, 6.45) is 6.74. The normalized spacial score (nSPS) is 11.3. The van der Waals surface area contributed by atoms with Crippen LogP contribution in [0, 0.1) is 12.1 Å². The Morgan fingerprint density at radius 2 is 1.04 bits per heavy atom. The van der Waals surface area contributed by atoms with Crippen LogP contribution in [0.1, 0.15) is 51.3 Å². The second kappa shape index (κ2) is 23.4. The van der Waals surface area contributed by atoms with Crippen molar-refractivity contribution < 1.29 is 25.8 Å². The standard InChI is InChI=1S/C26H20N4O.C8H10.2C2H6.2B.Bi.Pt.2H/c1-3-13-27-25(5-1)29-15-11-19-7-9-21(17-23(19)29)31-22-10-8-20-12-16-30(24(20)18-22)26-6-2-4-14-28-26;1-2-8-6-4-3-5-7-8;2*1-2;;;;;;/h1-10,13-14H,11-12,15-16H2;3-7H,2H2,1H3;2*1-2H3;;;;;;/q-2;;;;;;;+2;;. The summed E-state index contributed by atoms with van der Waals surface area (Å²) < 4.78 is 6.19. The van der Waals surface area contributed by atoms with E-state index in [0.717, 1.165) is 55.4 Å². The quantitative estimate of drug-likeness (QED) is 0.133. The number of aryl methyl sites for hydroxylation is 1. The Hall–Kier alpha value is -2.94. The zero-order valence-electron chi connectivity index (χ0n) is 28.1. The zero-order valence-corrected chi connectivity index (χ0v) is 34.9. The minimum absolute atomic E-state index is 0. The maximum Gasteiger partial charge on any atom is 2.00 e. The van der Waals surface area contributed by atoms with Gasteiger partial charge >= 0.3 is 47.3 Å². The fourth-order valence-corrected chi connectivity index (χ4v) is 5.00. The van der Waals surface area contributed by atoms with E-state index in [0.29, 0.717) is 11.5 Å². The predicted molar refractivity (Wildman–Crippen MR) is 199 cm³/mol. The van der Waals surface area contributed by atoms with Gasteiger partial charge in [-0.1, -0.05) is 101 Å². The van der Waals surface area contributed by atoms with Gasteiger partial charge in [-0.25, -0.2) is 9.97 Å². The Labute approximate surface area is 320 Å². The van der Waals surface area contributed by atoms with E-state index in [1.165, 1.54) is 16.7 Å². The summed E-state index contributed by atoms with van der Waals surface area (Å²) in [5.74, 6) is 3.23. The molecular weight excluding hydrogens is 954 g/mol. The molecule has 2 aliphatic heterocycles. The Balaban J connectivity index is 0.00000115. The second-order valence-corrected chi connectivity index (χ2v) is 9.51. The number of nitrogens with zero attached hydrogens (tertiary/aromatic N) is 4. The average Bonchev–Trinajstić information content (AvgIpc) is 3.72. The first-order valence-electron chi connectivity index (χ1n) is 15.5. The van der Waals surface area contributed by atoms with E-state index in [1.54, 1.807) is 0 Å². The topological polar surface area (TPSA) is 41.5 Å². The van der Waals surface area contributed by atoms with Crippen molar-refractivity contribution in [2.45, 2.75) is 53.9 Å². The van der Waals surface area contributed by atoms with Crippen LogP contribution in [-0.2, 0) is 40.3 Å². The summed E-state index contributed by atoms with van der Waals surface area (Å²) in [6.45, 7) is 12.0. The van der Waals surface area contributed by atoms with E-state index in [-0.39, 0.29) is 64.1 Å². The molecule has 0 spiro atoms. The molecule has 0 bridgehead atoms. The number of benzene rings is 3. The van der Waals surface area contributed by atoms with Gasteiger partial charge in [0, 0.05) is 53.8 Å². The monoisotopic (exact) mass is 998 g/mol. The molecule has 243 valence electrons. The summed E-state index contributed by atoms with van der Waals surface area (Å²) in [5, 5.41) is 0. The molecule has 0 N–H and O–H groups in total. The van der Waals surface area contributed by atoms with Crippen molar-refractivity contribution in [3.05, 3.63) is 132 Å². The van der Waals surface area contributed by atoms with E-state index < -0.39 is 0 Å². The van der Waals surface area contributed by atoms with Gasteiger partial charge in [0.05, 0.1) is 0 Å². The van der Waals surface area contributed by atoms with Gasteiger partial charge in [0.15, 0.2) is 0 Å². The first kappa shape index (κ1) is 44.1. The van der Waals surface area contributed by atoms with Crippen LogP contribution >= 0.6 is 0 Å². The SMILES string of the molecule is CC.CC.CCc1ccccc1.[B].[B].[BiH2].[Pt+2].[c-]1c(Oc2[c-]c3c(cc2)CCN3c2ccccn2)ccc2c1N(c1ccccn1)CC2. The van der Waals surface area contributed by atoms with Gasteiger partial charge in [-0.15, -0.1) is 35.4 Å². The molecule has 2 aliphatic rings. The molecule has 7 rings (SSSR count). The van der Waals surface area contributed by atoms with Crippen LogP contribution in [0.5, 0.6) is 11.5 Å². The number of aromatic nitrogens is 2. The average molecular weight is 998 g/mol. The molecule has 0 amide bonds. The Kier molecular flexibility index (Phi) is 21.9. The second-order valence-electron chi connectivity index (χ2n) is 9.51. The van der Waals surface area contributed by atoms with Crippen LogP contribution in [0.4, 0.5) is 23.0 Å². The molecule has 7 radical (unpaired) electrons. The maximum atomic E-state index is 6.19. The molecule has 0 aliphatic carbocycles. The van der Waals surface area contributed by atoms with E-state index in [4.69, 9.17) is 4.74 Å². The molecule has 4 heterocycles. The van der Waals surface area contributed by atoms with Gasteiger partial charge in [0.25, 0.3) is 0 Å². The molecular formula is C38H44B2BiN4OPt. The number of anilines is 4. The number of hydrogen-bond donors (Lipinski definition) is 0. The number of ether oxygens (including phenoxy) is 1. The van der Waals surface area contributed by atoms with E-state index in [2.05, 4.69) is 75.2 Å². The fraction of sp³-hybridized carbons (Fsp3) is 0.263. The van der Waals surface area contributed by atoms with Crippen molar-refractivity contribution in [3.8, 4) is 11.5 Å². The molecule has 5 aromatic rings. The molecule has 2 aromatic heterocycles. The van der Waals surface area contributed by atoms with Crippen molar-refractivity contribution in [3.63, 3.8) is 0 Å². The minimum atomic E-state index is 0. The molecule has 47 heavy (non-hydrogen) atoms. The van der Waals surface area contributed by atoms with Gasteiger partial charge in [0.2, 0.25) is 0 Å². The first-order chi connectivity index (χ1) is 21.3. The summed E-state index contributed by atoms with van der Waals surface area (Å²) in [5.41, 5.74) is 6.00. The van der Waals surface area contributed by atoms with Crippen LogP contribution < -0.4 is 14.5 Å². The predicted octanol–water partition coefficient (Wildman–Crippen LogP) is 7.88. The van der Waals surface area contributed by atoms with Gasteiger partial charge in [-0.05, 0) is 36.2 Å². The van der Waals surface area contributed by atoms with E-state index >= 15 is 0 Å². The van der Waals surface area contributed by atoms with Gasteiger partial charge in [-0.2, -0.15) is 12.1 Å². The summed E-state index contributed by atoms with van der Waals surface area (Å²) in [4.78, 5) is 13.4. The molecule has 5 nitrogen and oxygen atoms in total. The largest absolute Gasteiger partial charge is 2.00 e. The molecule has 9 heteroatoms. The van der Waals surface area contributed by atoms with Crippen LogP contribution in [0.25, 0.3) is 0 Å². The Morgan fingerprint density at radius 3 is 1.40 bits per heavy atom. The van der Waals surface area contributed by atoms with E-state index in [1.807, 2.05) is 94.7 Å². The maximum absolute atomic E-state index is 6.19. The third kappa shape index (κ3) is 11.6. The van der Waals surface area contributed by atoms with Crippen molar-refractivity contribution in [2.24, 2.45) is 0 Å². The van der Waals surface area contributed by atoms with Crippen molar-refractivity contribution >= 4 is 66.0 Å². The summed E-state index contributed by atoms with van der Waals surface area (Å²) in [6, 6.07) is 37.5. The smallest absolute Gasteiger partial charge is 0.509 e. The zero-order chi connectivity index (χ0) is 30.4. The Morgan fingerprint density at radius 1 is 0.617 bits per heavy atom. The van der Waals surface area contributed by atoms with Crippen molar-refractivity contribution in [2.75, 3.05) is 22.9 Å². The molecule has 0 atom stereocenters. The number of pyridine rings is 2. The first-order valence-corrected chi connectivity index (χ1v) is 15.5. The minimum Gasteiger partial charge on any atom is -0.509 e. The fourth-order valence-electron chi connectivity index (χ4n) is 5.00. The van der Waals surface area contributed by atoms with Crippen LogP contribution in [0.3, 0.4) is 0 Å². The van der Waals surface area contributed by atoms with Gasteiger partial charge in [-0.3, -0.25) is 0 Å². The summed E-state index contributed by atoms with van der Waals surface area (Å²) in [7, 11) is 0. The third-order valence-electron chi connectivity index (χ3n) is 7.04. The van der Waals surface area contributed by atoms with Crippen LogP contribution in [0.15, 0.2) is 103 Å². The third-order valence-corrected chi connectivity index (χ3v) is 7.04. The van der Waals surface area contributed by atoms with Crippen LogP contribution in [-0.4, -0.2) is 66.1 Å². The molecule has 0 saturated heterocycles. The number of hydrogen-bond acceptors (Lipinski definition) is 5. The van der Waals surface area contributed by atoms with Crippen molar-refractivity contribution in [1.29, 1.82) is 0 Å². The molecule has 3 aromatic carbocycles. The van der Waals surface area contributed by atoms with E-state index in [9.17, 15) is 0 Å². The number of rotatable bonds is 5.